The molecule has 5 atom stereocenters. The van der Waals surface area contributed by atoms with E-state index >= 15 is 0 Å². The van der Waals surface area contributed by atoms with Crippen molar-refractivity contribution in [2.45, 2.75) is 58.2 Å². The van der Waals surface area contributed by atoms with Crippen LogP contribution in [0.5, 0.6) is 23.0 Å². The second-order valence-corrected chi connectivity index (χ2v) is 19.7. The average Bonchev–Trinajstić information content (AvgIpc) is 2.34. The number of hydrogen-bond acceptors (Lipinski definition) is 14. The summed E-state index contributed by atoms with van der Waals surface area (Å²) in [6.07, 6.45) is 4.24. The maximum Gasteiger partial charge on any atom is 0.253 e. The number of carbonyl (C=O) groups excluding carboxylic acids is 4. The van der Waals surface area contributed by atoms with Crippen molar-refractivity contribution in [3.8, 4) is 23.0 Å². The van der Waals surface area contributed by atoms with E-state index in [0.717, 1.165) is 0 Å². The Labute approximate surface area is 486 Å². The number of nitrogens with one attached hydrogen (secondary N) is 7. The van der Waals surface area contributed by atoms with Crippen LogP contribution < -0.4 is 56.2 Å². The molecule has 436 valence electrons. The van der Waals surface area contributed by atoms with E-state index in [-0.39, 0.29) is 0 Å². The molecule has 5 heterocycles. The van der Waals surface area contributed by atoms with E-state index in [1.807, 2.05) is 85.0 Å². The second kappa shape index (κ2) is 25.8. The molecule has 0 fully saturated rings. The van der Waals surface area contributed by atoms with E-state index in [1.165, 1.54) is 28.4 Å². The summed E-state index contributed by atoms with van der Waals surface area (Å²) in [5.41, 5.74) is 8.10. The van der Waals surface area contributed by atoms with Crippen LogP contribution in [0.3, 0.4) is 0 Å². The van der Waals surface area contributed by atoms with Gasteiger partial charge in [-0.15, -0.1) is 0 Å². The van der Waals surface area contributed by atoms with Gasteiger partial charge in [0.1, 0.15) is 47.4 Å². The molecular weight excluding hydrogens is 1070 g/mol. The number of aromatic amines is 2. The molecule has 7 N–H and O–H groups in total. The van der Waals surface area contributed by atoms with Crippen LogP contribution in [-0.4, -0.2) is 127 Å². The van der Waals surface area contributed by atoms with E-state index in [9.17, 15) is 19.2 Å². The number of nitrogens with zero attached hydrogens (tertiary/aromatic N) is 1. The Morgan fingerprint density at radius 1 is 0.440 bits per heavy atom. The molecule has 6 aromatic rings. The number of allylic oxidation sites excluding steroid dienone is 3. The number of ether oxygens (including phenoxy) is 8. The number of fused-ring (bicyclic) bond motifs is 7. The third-order valence-electron chi connectivity index (χ3n) is 14.9. The highest BCUT2D eigenvalue weighted by Gasteiger charge is 2.33. The maximum absolute atomic E-state index is 14.0. The molecular formula is C64H68N8O12. The number of H-pyrrole nitrogens is 2. The molecule has 2 aromatic heterocycles. The third kappa shape index (κ3) is 11.6. The van der Waals surface area contributed by atoms with E-state index in [1.54, 1.807) is 92.5 Å². The Balaban J connectivity index is 1.47. The van der Waals surface area contributed by atoms with Gasteiger partial charge in [-0.05, 0) is 119 Å². The molecule has 20 nitrogen and oxygen atoms in total. The van der Waals surface area contributed by atoms with Crippen LogP contribution in [-0.2, 0) is 38.1 Å². The molecule has 4 aromatic carbocycles. The lowest BCUT2D eigenvalue weighted by Crippen LogP contribution is -2.31. The number of aromatic nitrogens is 2. The molecule has 4 amide bonds. The summed E-state index contributed by atoms with van der Waals surface area (Å²) in [7, 11) is 12.1. The zero-order valence-electron chi connectivity index (χ0n) is 48.8. The van der Waals surface area contributed by atoms with Gasteiger partial charge in [0, 0.05) is 89.6 Å². The van der Waals surface area contributed by atoms with Gasteiger partial charge in [-0.2, -0.15) is 0 Å². The standard InChI is InChI=1S/C64H68N8O12/c1-33(77-5)61(73)69-37-17-13-18-38(70-62(74)34(2)78-6)53(37)55-41-25-29-45(65-41)57(59-49(81-9)21-15-22-50(59)82-10)47-31-27-43(67-47)56(54-39(71-63(75)35(3)79-7)19-14-20-40(54)72-64(76)36(4)80-8)44-28-32-48(68-44)58(46-30-26-42(55)66-46)60-51(83-11)23-16-24-52(60)84-12/h13-36,45,65-67H,1-12H3,(H,69,73)(H,70,74)(H,71,75)(H,72,76)/b55-41+,56-43+,57-47+,58-48+/t33-,34-,35-,36-,45?/m0/s1. The van der Waals surface area contributed by atoms with Crippen LogP contribution in [0.25, 0.3) is 22.3 Å². The summed E-state index contributed by atoms with van der Waals surface area (Å²) in [6, 6.07) is 28.4. The number of rotatable bonds is 20. The van der Waals surface area contributed by atoms with Gasteiger partial charge in [-0.25, -0.2) is 4.99 Å². The van der Waals surface area contributed by atoms with Crippen molar-refractivity contribution in [2.24, 2.45) is 4.99 Å². The number of aliphatic imine (C=N–C) groups is 1. The Morgan fingerprint density at radius 3 is 1.29 bits per heavy atom. The van der Waals surface area contributed by atoms with Crippen LogP contribution in [0.2, 0.25) is 0 Å². The molecule has 1 unspecified atom stereocenters. The highest BCUT2D eigenvalue weighted by molar-refractivity contribution is 6.33. The van der Waals surface area contributed by atoms with Crippen LogP contribution in [0.15, 0.2) is 138 Å². The Morgan fingerprint density at radius 2 is 0.845 bits per heavy atom. The number of anilines is 4. The topological polar surface area (TPSA) is 246 Å². The normalized spacial score (nSPS) is 18.9. The SMILES string of the molecule is COc1cccc(OC)c1/C1=C2\C=CC(=N2)/C(c2c(NC(=O)[C@H](C)OC)cccc2NC(=O)[C@H](C)OC)=c2/cc/c([nH]2)=C(\c2c(OC)cccc2OC)C2C=C/C(=C(\c3c(NC(=O)[C@H](C)OC)cccc3NC(=O)[C@H](C)OC)c3ccc1[nH]3)N2. The van der Waals surface area contributed by atoms with E-state index in [4.69, 9.17) is 42.9 Å². The highest BCUT2D eigenvalue weighted by atomic mass is 16.5. The van der Waals surface area contributed by atoms with Crippen LogP contribution in [0, 0.1) is 0 Å². The van der Waals surface area contributed by atoms with Crippen molar-refractivity contribution < 1.29 is 57.1 Å². The lowest BCUT2D eigenvalue weighted by Gasteiger charge is -2.24. The number of amides is 4. The quantitative estimate of drug-likeness (QED) is 0.0393. The Kier molecular flexibility index (Phi) is 18.1. The molecule has 0 spiro atoms. The smallest absolute Gasteiger partial charge is 0.253 e. The predicted octanol–water partition coefficient (Wildman–Crippen LogP) is 7.44. The lowest BCUT2D eigenvalue weighted by molar-refractivity contribution is -0.125. The maximum atomic E-state index is 14.0. The summed E-state index contributed by atoms with van der Waals surface area (Å²) in [4.78, 5) is 68.9. The van der Waals surface area contributed by atoms with Crippen LogP contribution >= 0.6 is 0 Å². The molecule has 8 bridgehead atoms. The first-order valence-electron chi connectivity index (χ1n) is 27.0. The molecule has 20 heteroatoms. The zero-order valence-corrected chi connectivity index (χ0v) is 48.8. The van der Waals surface area contributed by atoms with Crippen molar-refractivity contribution in [1.29, 1.82) is 0 Å². The summed E-state index contributed by atoms with van der Waals surface area (Å²) in [5.74, 6) is 0.154. The largest absolute Gasteiger partial charge is 0.496 e. The van der Waals surface area contributed by atoms with Gasteiger partial charge in [0.15, 0.2) is 0 Å². The molecule has 0 saturated heterocycles. The van der Waals surface area contributed by atoms with Crippen molar-refractivity contribution in [3.63, 3.8) is 0 Å². The Hall–Kier alpha value is -9.47. The highest BCUT2D eigenvalue weighted by Crippen LogP contribution is 2.46. The molecule has 9 rings (SSSR count). The van der Waals surface area contributed by atoms with Gasteiger partial charge >= 0.3 is 0 Å². The van der Waals surface area contributed by atoms with Gasteiger partial charge in [-0.1, -0.05) is 30.3 Å². The van der Waals surface area contributed by atoms with Gasteiger partial charge in [-0.3, -0.25) is 19.2 Å². The van der Waals surface area contributed by atoms with Gasteiger partial charge in [0.2, 0.25) is 0 Å². The van der Waals surface area contributed by atoms with Crippen molar-refractivity contribution in [1.82, 2.24) is 15.3 Å². The van der Waals surface area contributed by atoms with E-state index < -0.39 is 54.1 Å². The van der Waals surface area contributed by atoms with Crippen molar-refractivity contribution in [2.75, 3.05) is 78.1 Å². The van der Waals surface area contributed by atoms with Gasteiger partial charge in [0.25, 0.3) is 23.6 Å². The average molecular weight is 1140 g/mol. The number of methoxy groups -OCH3 is 8. The van der Waals surface area contributed by atoms with Crippen molar-refractivity contribution >= 4 is 74.4 Å². The number of carbonyl (C=O) groups is 4. The number of benzene rings is 4. The lowest BCUT2D eigenvalue weighted by atomic mass is 9.95. The molecule has 0 aliphatic carbocycles. The van der Waals surface area contributed by atoms with E-state index in [0.29, 0.717) is 129 Å². The van der Waals surface area contributed by atoms with E-state index in [2.05, 4.69) is 36.6 Å². The van der Waals surface area contributed by atoms with Gasteiger partial charge < -0.3 is 74.4 Å². The first kappa shape index (κ1) is 59.2. The molecule has 3 aliphatic heterocycles. The fraction of sp³-hybridized carbons (Fsp3) is 0.266. The first-order chi connectivity index (χ1) is 40.6. The van der Waals surface area contributed by atoms with Crippen molar-refractivity contribution in [3.05, 3.63) is 177 Å². The number of hydrogen-bond donors (Lipinski definition) is 7. The summed E-state index contributed by atoms with van der Waals surface area (Å²) >= 11 is 0. The van der Waals surface area contributed by atoms with Gasteiger partial charge in [0.05, 0.1) is 79.8 Å². The predicted molar refractivity (Wildman–Crippen MR) is 323 cm³/mol. The fourth-order valence-corrected chi connectivity index (χ4v) is 10.1. The zero-order chi connectivity index (χ0) is 59.9. The molecule has 3 aliphatic rings. The molecule has 0 radical (unpaired) electrons. The van der Waals surface area contributed by atoms with Crippen LogP contribution in [0.1, 0.15) is 61.3 Å². The minimum absolute atomic E-state index is 0.333. The summed E-state index contributed by atoms with van der Waals surface area (Å²) in [6.45, 7) is 6.55. The third-order valence-corrected chi connectivity index (χ3v) is 14.9. The monoisotopic (exact) mass is 1140 g/mol. The first-order valence-corrected chi connectivity index (χ1v) is 27.0. The molecule has 0 saturated carbocycles. The summed E-state index contributed by atoms with van der Waals surface area (Å²) in [5, 5.41) is 17.3. The summed E-state index contributed by atoms with van der Waals surface area (Å²) < 4.78 is 46.4. The fourth-order valence-electron chi connectivity index (χ4n) is 10.1. The second-order valence-electron chi connectivity index (χ2n) is 19.7. The molecule has 84 heavy (non-hydrogen) atoms. The Bertz CT molecular complexity index is 3720. The minimum Gasteiger partial charge on any atom is -0.496 e. The minimum atomic E-state index is -0.859. The van der Waals surface area contributed by atoms with Crippen LogP contribution in [0.4, 0.5) is 22.7 Å².